The quantitative estimate of drug-likeness (QED) is 0.494. The zero-order valence-electron chi connectivity index (χ0n) is 14.4. The molecule has 2 aromatic heterocycles. The predicted octanol–water partition coefficient (Wildman–Crippen LogP) is 4.03. The van der Waals surface area contributed by atoms with Crippen LogP contribution in [0.2, 0.25) is 0 Å². The molecule has 0 aliphatic heterocycles. The number of H-pyrrole nitrogens is 1. The summed E-state index contributed by atoms with van der Waals surface area (Å²) in [6, 6.07) is 11.5. The van der Waals surface area contributed by atoms with E-state index < -0.39 is 5.97 Å². The van der Waals surface area contributed by atoms with Gasteiger partial charge in [0.1, 0.15) is 4.88 Å². The van der Waals surface area contributed by atoms with Crippen LogP contribution >= 0.6 is 23.1 Å². The molecule has 2 N–H and O–H groups in total. The number of carboxylic acids is 1. The van der Waals surface area contributed by atoms with E-state index in [-0.39, 0.29) is 5.56 Å². The van der Waals surface area contributed by atoms with Crippen molar-refractivity contribution < 1.29 is 9.90 Å². The SMILES string of the molecule is Cc1ccc(Cc2c(C)nc(SCc3ccc(C(=O)O)s3)[nH]c2=O)cc1. The van der Waals surface area contributed by atoms with Crippen LogP contribution in [-0.4, -0.2) is 21.0 Å². The smallest absolute Gasteiger partial charge is 0.345 e. The Morgan fingerprint density at radius 2 is 1.92 bits per heavy atom. The molecule has 0 aliphatic rings. The first kappa shape index (κ1) is 18.4. The van der Waals surface area contributed by atoms with Crippen LogP contribution < -0.4 is 5.56 Å². The first-order valence-corrected chi connectivity index (χ1v) is 9.82. The van der Waals surface area contributed by atoms with Gasteiger partial charge in [0.15, 0.2) is 5.16 Å². The van der Waals surface area contributed by atoms with Gasteiger partial charge in [-0.2, -0.15) is 0 Å². The van der Waals surface area contributed by atoms with Crippen molar-refractivity contribution in [3.05, 3.63) is 78.9 Å². The number of rotatable bonds is 6. The lowest BCUT2D eigenvalue weighted by atomic mass is 10.0. The second-order valence-electron chi connectivity index (χ2n) is 5.96. The fraction of sp³-hybridized carbons (Fsp3) is 0.211. The number of carbonyl (C=O) groups is 1. The van der Waals surface area contributed by atoms with Gasteiger partial charge in [-0.3, -0.25) is 4.79 Å². The monoisotopic (exact) mass is 386 g/mol. The van der Waals surface area contributed by atoms with E-state index in [1.165, 1.54) is 28.7 Å². The van der Waals surface area contributed by atoms with Crippen molar-refractivity contribution in [2.24, 2.45) is 0 Å². The van der Waals surface area contributed by atoms with E-state index in [1.54, 1.807) is 12.1 Å². The van der Waals surface area contributed by atoms with Crippen LogP contribution in [0.5, 0.6) is 0 Å². The Bertz CT molecular complexity index is 991. The van der Waals surface area contributed by atoms with E-state index in [1.807, 2.05) is 38.1 Å². The van der Waals surface area contributed by atoms with Crippen molar-refractivity contribution in [3.8, 4) is 0 Å². The van der Waals surface area contributed by atoms with Crippen LogP contribution in [-0.2, 0) is 12.2 Å². The maximum Gasteiger partial charge on any atom is 0.345 e. The molecule has 0 bridgehead atoms. The first-order chi connectivity index (χ1) is 12.4. The minimum Gasteiger partial charge on any atom is -0.477 e. The molecule has 1 aromatic carbocycles. The highest BCUT2D eigenvalue weighted by atomic mass is 32.2. The normalized spacial score (nSPS) is 10.8. The van der Waals surface area contributed by atoms with Gasteiger partial charge < -0.3 is 10.1 Å². The fourth-order valence-corrected chi connectivity index (χ4v) is 4.28. The Labute approximate surface area is 159 Å². The summed E-state index contributed by atoms with van der Waals surface area (Å²) in [5.74, 6) is -0.355. The average molecular weight is 386 g/mol. The zero-order chi connectivity index (χ0) is 18.7. The molecule has 0 saturated heterocycles. The van der Waals surface area contributed by atoms with E-state index in [0.29, 0.717) is 33.5 Å². The summed E-state index contributed by atoms with van der Waals surface area (Å²) >= 11 is 2.63. The molecule has 2 heterocycles. The lowest BCUT2D eigenvalue weighted by Gasteiger charge is -2.07. The number of benzene rings is 1. The lowest BCUT2D eigenvalue weighted by molar-refractivity contribution is 0.0702. The first-order valence-electron chi connectivity index (χ1n) is 8.02. The molecule has 0 aliphatic carbocycles. The molecule has 0 spiro atoms. The van der Waals surface area contributed by atoms with E-state index >= 15 is 0 Å². The van der Waals surface area contributed by atoms with Crippen molar-refractivity contribution in [3.63, 3.8) is 0 Å². The second-order valence-corrected chi connectivity index (χ2v) is 8.09. The molecule has 0 radical (unpaired) electrons. The van der Waals surface area contributed by atoms with Gasteiger partial charge in [0.05, 0.1) is 0 Å². The minimum atomic E-state index is -0.922. The number of aromatic amines is 1. The van der Waals surface area contributed by atoms with Crippen LogP contribution in [0.25, 0.3) is 0 Å². The molecule has 26 heavy (non-hydrogen) atoms. The van der Waals surface area contributed by atoms with Crippen molar-refractivity contribution in [2.45, 2.75) is 31.2 Å². The number of thiophene rings is 1. The Kier molecular flexibility index (Phi) is 5.58. The third-order valence-electron chi connectivity index (χ3n) is 3.93. The third-order valence-corrected chi connectivity index (χ3v) is 6.10. The van der Waals surface area contributed by atoms with Gasteiger partial charge in [-0.1, -0.05) is 41.6 Å². The van der Waals surface area contributed by atoms with Crippen LogP contribution in [0.1, 0.15) is 36.9 Å². The predicted molar refractivity (Wildman–Crippen MR) is 104 cm³/mol. The molecular weight excluding hydrogens is 368 g/mol. The van der Waals surface area contributed by atoms with Gasteiger partial charge in [0, 0.05) is 28.3 Å². The van der Waals surface area contributed by atoms with Crippen molar-refractivity contribution in [1.29, 1.82) is 0 Å². The average Bonchev–Trinajstić information content (AvgIpc) is 3.07. The number of nitrogens with one attached hydrogen (secondary N) is 1. The molecular formula is C19H18N2O3S2. The molecule has 0 atom stereocenters. The summed E-state index contributed by atoms with van der Waals surface area (Å²) in [5.41, 5.74) is 3.52. The summed E-state index contributed by atoms with van der Waals surface area (Å²) in [4.78, 5) is 32.0. The number of aromatic carboxylic acids is 1. The van der Waals surface area contributed by atoms with E-state index in [9.17, 15) is 9.59 Å². The number of thioether (sulfide) groups is 1. The van der Waals surface area contributed by atoms with E-state index in [0.717, 1.165) is 10.4 Å². The summed E-state index contributed by atoms with van der Waals surface area (Å²) < 4.78 is 0. The van der Waals surface area contributed by atoms with Crippen LogP contribution in [0, 0.1) is 13.8 Å². The third kappa shape index (κ3) is 4.42. The number of aryl methyl sites for hydroxylation is 2. The summed E-state index contributed by atoms with van der Waals surface area (Å²) in [6.45, 7) is 3.87. The Hall–Kier alpha value is -2.38. The van der Waals surface area contributed by atoms with Crippen LogP contribution in [0.3, 0.4) is 0 Å². The maximum atomic E-state index is 12.5. The van der Waals surface area contributed by atoms with Gasteiger partial charge in [-0.25, -0.2) is 9.78 Å². The van der Waals surface area contributed by atoms with Gasteiger partial charge >= 0.3 is 5.97 Å². The summed E-state index contributed by atoms with van der Waals surface area (Å²) in [7, 11) is 0. The number of carboxylic acid groups (broad SMARTS) is 1. The zero-order valence-corrected chi connectivity index (χ0v) is 16.0. The number of hydrogen-bond acceptors (Lipinski definition) is 5. The molecule has 3 rings (SSSR count). The number of nitrogens with zero attached hydrogens (tertiary/aromatic N) is 1. The van der Waals surface area contributed by atoms with Crippen molar-refractivity contribution in [1.82, 2.24) is 9.97 Å². The summed E-state index contributed by atoms with van der Waals surface area (Å²) in [5, 5.41) is 9.51. The Balaban J connectivity index is 1.72. The maximum absolute atomic E-state index is 12.5. The fourth-order valence-electron chi connectivity index (χ4n) is 2.48. The Morgan fingerprint density at radius 3 is 2.54 bits per heavy atom. The van der Waals surface area contributed by atoms with Crippen molar-refractivity contribution in [2.75, 3.05) is 0 Å². The van der Waals surface area contributed by atoms with Gasteiger partial charge in [-0.05, 0) is 31.5 Å². The summed E-state index contributed by atoms with van der Waals surface area (Å²) in [6.07, 6.45) is 0.548. The lowest BCUT2D eigenvalue weighted by Crippen LogP contribution is -2.17. The standard InChI is InChI=1S/C19H18N2O3S2/c1-11-3-5-13(6-4-11)9-15-12(2)20-19(21-17(15)22)25-10-14-7-8-16(26-14)18(23)24/h3-8H,9-10H2,1-2H3,(H,23,24)(H,20,21,22). The molecule has 0 saturated carbocycles. The van der Waals surface area contributed by atoms with Gasteiger partial charge in [-0.15, -0.1) is 11.3 Å². The molecule has 0 fully saturated rings. The van der Waals surface area contributed by atoms with E-state index in [2.05, 4.69) is 9.97 Å². The second kappa shape index (κ2) is 7.88. The highest BCUT2D eigenvalue weighted by Crippen LogP contribution is 2.25. The topological polar surface area (TPSA) is 83.0 Å². The molecule has 0 unspecified atom stereocenters. The number of aromatic nitrogens is 2. The van der Waals surface area contributed by atoms with E-state index in [4.69, 9.17) is 5.11 Å². The molecule has 0 amide bonds. The van der Waals surface area contributed by atoms with Crippen LogP contribution in [0.15, 0.2) is 46.3 Å². The molecule has 5 nitrogen and oxygen atoms in total. The van der Waals surface area contributed by atoms with Crippen molar-refractivity contribution >= 4 is 29.1 Å². The highest BCUT2D eigenvalue weighted by molar-refractivity contribution is 7.98. The molecule has 134 valence electrons. The molecule has 3 aromatic rings. The largest absolute Gasteiger partial charge is 0.477 e. The van der Waals surface area contributed by atoms with Crippen LogP contribution in [0.4, 0.5) is 0 Å². The number of hydrogen-bond donors (Lipinski definition) is 2. The highest BCUT2D eigenvalue weighted by Gasteiger charge is 2.11. The van der Waals surface area contributed by atoms with Gasteiger partial charge in [0.25, 0.3) is 5.56 Å². The molecule has 7 heteroatoms. The van der Waals surface area contributed by atoms with Gasteiger partial charge in [0.2, 0.25) is 0 Å². The minimum absolute atomic E-state index is 0.127. The Morgan fingerprint density at radius 1 is 1.19 bits per heavy atom.